The van der Waals surface area contributed by atoms with Gasteiger partial charge in [-0.3, -0.25) is 14.6 Å². The van der Waals surface area contributed by atoms with E-state index in [0.717, 1.165) is 29.0 Å². The molecular weight excluding hydrogens is 402 g/mol. The Balaban J connectivity index is 1.63. The number of allylic oxidation sites excluding steroid dienone is 1. The molecular formula is C26H25N3O3. The van der Waals surface area contributed by atoms with Gasteiger partial charge in [-0.25, -0.2) is 0 Å². The fourth-order valence-electron chi connectivity index (χ4n) is 3.82. The van der Waals surface area contributed by atoms with Crippen LogP contribution < -0.4 is 15.4 Å². The van der Waals surface area contributed by atoms with E-state index in [1.54, 1.807) is 62.0 Å². The van der Waals surface area contributed by atoms with Crippen LogP contribution in [0.5, 0.6) is 5.75 Å². The lowest BCUT2D eigenvalue weighted by Gasteiger charge is -2.35. The zero-order valence-electron chi connectivity index (χ0n) is 18.3. The van der Waals surface area contributed by atoms with Gasteiger partial charge in [0.2, 0.25) is 0 Å². The summed E-state index contributed by atoms with van der Waals surface area (Å²) >= 11 is 0. The van der Waals surface area contributed by atoms with Crippen molar-refractivity contribution in [3.05, 3.63) is 95.3 Å². The normalized spacial score (nSPS) is 15.4. The number of fused-ring (bicyclic) bond motifs is 1. The number of ether oxygens (including phenoxy) is 1. The van der Waals surface area contributed by atoms with Crippen molar-refractivity contribution in [2.45, 2.75) is 25.8 Å². The van der Waals surface area contributed by atoms with Gasteiger partial charge in [-0.15, -0.1) is 0 Å². The van der Waals surface area contributed by atoms with Crippen LogP contribution in [0.1, 0.15) is 45.7 Å². The predicted octanol–water partition coefficient (Wildman–Crippen LogP) is 4.49. The number of hydrogen-bond donors (Lipinski definition) is 2. The molecule has 2 aromatic carbocycles. The van der Waals surface area contributed by atoms with E-state index in [4.69, 9.17) is 4.74 Å². The van der Waals surface area contributed by atoms with Crippen molar-refractivity contribution in [3.63, 3.8) is 0 Å². The molecule has 3 aromatic rings. The third kappa shape index (κ3) is 4.70. The van der Waals surface area contributed by atoms with Crippen LogP contribution in [-0.2, 0) is 6.42 Å². The number of aromatic nitrogens is 1. The Kier molecular flexibility index (Phi) is 5.77. The van der Waals surface area contributed by atoms with Crippen molar-refractivity contribution in [1.82, 2.24) is 10.3 Å². The molecule has 32 heavy (non-hydrogen) atoms. The van der Waals surface area contributed by atoms with E-state index in [2.05, 4.69) is 29.5 Å². The van der Waals surface area contributed by atoms with E-state index < -0.39 is 0 Å². The number of anilines is 1. The molecule has 0 atom stereocenters. The van der Waals surface area contributed by atoms with Gasteiger partial charge in [-0.2, -0.15) is 0 Å². The van der Waals surface area contributed by atoms with E-state index in [-0.39, 0.29) is 17.2 Å². The molecule has 0 bridgehead atoms. The number of methoxy groups -OCH3 is 1. The first-order chi connectivity index (χ1) is 15.3. The highest BCUT2D eigenvalue weighted by molar-refractivity contribution is 6.11. The molecule has 6 heteroatoms. The molecule has 0 radical (unpaired) electrons. The second-order valence-corrected chi connectivity index (χ2v) is 8.41. The van der Waals surface area contributed by atoms with Crippen LogP contribution in [0.15, 0.2) is 73.1 Å². The van der Waals surface area contributed by atoms with Crippen molar-refractivity contribution in [3.8, 4) is 5.75 Å². The Morgan fingerprint density at radius 1 is 1.09 bits per heavy atom. The van der Waals surface area contributed by atoms with Crippen LogP contribution in [0.2, 0.25) is 0 Å². The average Bonchev–Trinajstić information content (AvgIpc) is 2.79. The average molecular weight is 428 g/mol. The van der Waals surface area contributed by atoms with Crippen molar-refractivity contribution in [2.24, 2.45) is 0 Å². The van der Waals surface area contributed by atoms with Crippen molar-refractivity contribution in [2.75, 3.05) is 12.4 Å². The molecule has 0 aliphatic carbocycles. The summed E-state index contributed by atoms with van der Waals surface area (Å²) in [5, 5.41) is 6.26. The summed E-state index contributed by atoms with van der Waals surface area (Å²) in [6, 6.07) is 16.1. The summed E-state index contributed by atoms with van der Waals surface area (Å²) in [6.45, 7) is 4.20. The molecule has 6 nitrogen and oxygen atoms in total. The number of nitrogens with zero attached hydrogens (tertiary/aromatic N) is 1. The number of rotatable bonds is 5. The second kappa shape index (κ2) is 8.67. The lowest BCUT2D eigenvalue weighted by molar-refractivity contribution is 0.102. The maximum absolute atomic E-state index is 13.1. The standard InChI is InChI=1S/C26H25N3O3/c1-26(2)15-19-9-10-21(32-3)13-22(19)23(29-26)14-24(30)17-6-4-7-18(12-17)25(31)28-20-8-5-11-27-16-20/h4-14,16,29H,15H2,1-3H3,(H,28,31). The molecule has 162 valence electrons. The lowest BCUT2D eigenvalue weighted by Crippen LogP contribution is -2.43. The van der Waals surface area contributed by atoms with E-state index in [9.17, 15) is 9.59 Å². The number of benzene rings is 2. The molecule has 1 aliphatic rings. The smallest absolute Gasteiger partial charge is 0.255 e. The number of amides is 1. The monoisotopic (exact) mass is 427 g/mol. The van der Waals surface area contributed by atoms with Gasteiger partial charge in [0.05, 0.1) is 19.0 Å². The summed E-state index contributed by atoms with van der Waals surface area (Å²) in [6.07, 6.45) is 5.63. The van der Waals surface area contributed by atoms with Crippen LogP contribution in [-0.4, -0.2) is 29.3 Å². The highest BCUT2D eigenvalue weighted by Gasteiger charge is 2.28. The Morgan fingerprint density at radius 2 is 1.91 bits per heavy atom. The summed E-state index contributed by atoms with van der Waals surface area (Å²) in [4.78, 5) is 29.7. The van der Waals surface area contributed by atoms with E-state index >= 15 is 0 Å². The molecule has 0 saturated heterocycles. The van der Waals surface area contributed by atoms with Gasteiger partial charge in [0.15, 0.2) is 5.78 Å². The SMILES string of the molecule is COc1ccc2c(c1)C(=CC(=O)c1cccc(C(=O)Nc3cccnc3)c1)NC(C)(C)C2. The summed E-state index contributed by atoms with van der Waals surface area (Å²) < 4.78 is 5.37. The summed E-state index contributed by atoms with van der Waals surface area (Å²) in [7, 11) is 1.62. The Hall–Kier alpha value is -3.93. The first-order valence-electron chi connectivity index (χ1n) is 10.4. The molecule has 1 aliphatic heterocycles. The minimum Gasteiger partial charge on any atom is -0.497 e. The van der Waals surface area contributed by atoms with Crippen LogP contribution in [0.25, 0.3) is 5.70 Å². The summed E-state index contributed by atoms with van der Waals surface area (Å²) in [5.41, 5.74) is 4.07. The molecule has 4 rings (SSSR count). The zero-order chi connectivity index (χ0) is 22.7. The van der Waals surface area contributed by atoms with Gasteiger partial charge in [0.1, 0.15) is 5.75 Å². The van der Waals surface area contributed by atoms with Gasteiger partial charge in [-0.1, -0.05) is 18.2 Å². The number of ketones is 1. The molecule has 0 unspecified atom stereocenters. The van der Waals surface area contributed by atoms with Gasteiger partial charge in [-0.05, 0) is 62.2 Å². The van der Waals surface area contributed by atoms with E-state index in [1.165, 1.54) is 0 Å². The maximum atomic E-state index is 13.1. The number of carbonyl (C=O) groups is 2. The van der Waals surface area contributed by atoms with Crippen LogP contribution in [0.4, 0.5) is 5.69 Å². The maximum Gasteiger partial charge on any atom is 0.255 e. The van der Waals surface area contributed by atoms with Crippen molar-refractivity contribution < 1.29 is 14.3 Å². The van der Waals surface area contributed by atoms with Crippen LogP contribution >= 0.6 is 0 Å². The highest BCUT2D eigenvalue weighted by Crippen LogP contribution is 2.32. The largest absolute Gasteiger partial charge is 0.497 e. The minimum absolute atomic E-state index is 0.185. The molecule has 1 aromatic heterocycles. The number of carbonyl (C=O) groups excluding carboxylic acids is 2. The molecule has 2 heterocycles. The van der Waals surface area contributed by atoms with Crippen molar-refractivity contribution >= 4 is 23.1 Å². The van der Waals surface area contributed by atoms with E-state index in [0.29, 0.717) is 16.8 Å². The van der Waals surface area contributed by atoms with Gasteiger partial charge >= 0.3 is 0 Å². The molecule has 0 spiro atoms. The quantitative estimate of drug-likeness (QED) is 0.463. The molecule has 1 amide bonds. The second-order valence-electron chi connectivity index (χ2n) is 8.41. The van der Waals surface area contributed by atoms with Crippen LogP contribution in [0.3, 0.4) is 0 Å². The summed E-state index contributed by atoms with van der Waals surface area (Å²) in [5.74, 6) is 0.250. The van der Waals surface area contributed by atoms with Gasteiger partial charge < -0.3 is 15.4 Å². The molecule has 0 saturated carbocycles. The zero-order valence-corrected chi connectivity index (χ0v) is 18.3. The van der Waals surface area contributed by atoms with Crippen LogP contribution in [0, 0.1) is 0 Å². The molecule has 2 N–H and O–H groups in total. The Labute approximate surface area is 187 Å². The van der Waals surface area contributed by atoms with Gasteiger partial charge in [0, 0.05) is 40.2 Å². The Bertz CT molecular complexity index is 1200. The third-order valence-electron chi connectivity index (χ3n) is 5.32. The minimum atomic E-state index is -0.299. The number of nitrogens with one attached hydrogen (secondary N) is 2. The first kappa shape index (κ1) is 21.3. The van der Waals surface area contributed by atoms with Gasteiger partial charge in [0.25, 0.3) is 5.91 Å². The van der Waals surface area contributed by atoms with E-state index in [1.807, 2.05) is 18.2 Å². The first-order valence-corrected chi connectivity index (χ1v) is 10.4. The number of pyridine rings is 1. The molecule has 0 fully saturated rings. The Morgan fingerprint density at radius 3 is 2.66 bits per heavy atom. The fourth-order valence-corrected chi connectivity index (χ4v) is 3.82. The predicted molar refractivity (Wildman–Crippen MR) is 125 cm³/mol. The van der Waals surface area contributed by atoms with Crippen molar-refractivity contribution in [1.29, 1.82) is 0 Å². The highest BCUT2D eigenvalue weighted by atomic mass is 16.5. The fraction of sp³-hybridized carbons (Fsp3) is 0.192. The lowest BCUT2D eigenvalue weighted by atomic mass is 9.85. The third-order valence-corrected chi connectivity index (χ3v) is 5.32. The number of hydrogen-bond acceptors (Lipinski definition) is 5. The topological polar surface area (TPSA) is 80.3 Å².